The lowest BCUT2D eigenvalue weighted by molar-refractivity contribution is -0.384. The van der Waals surface area contributed by atoms with Crippen molar-refractivity contribution in [2.75, 3.05) is 18.5 Å². The zero-order valence-corrected chi connectivity index (χ0v) is 13.1. The van der Waals surface area contributed by atoms with Crippen molar-refractivity contribution in [1.29, 1.82) is 0 Å². The van der Waals surface area contributed by atoms with Crippen LogP contribution >= 0.6 is 15.9 Å². The fraction of sp³-hybridized carbons (Fsp3) is 0.538. The van der Waals surface area contributed by atoms with E-state index in [0.29, 0.717) is 22.6 Å². The molecule has 0 fully saturated rings. The Hall–Kier alpha value is -1.14. The van der Waals surface area contributed by atoms with Gasteiger partial charge in [-0.3, -0.25) is 10.1 Å². The molecule has 1 unspecified atom stereocenters. The van der Waals surface area contributed by atoms with Crippen molar-refractivity contribution in [3.8, 4) is 0 Å². The molecule has 1 rings (SSSR count). The standard InChI is InChI=1S/C13H20BrN3O2/c1-9(2)11(15)6-7-16(3)12-5-4-10(14)8-13(12)17(18)19/h4-5,8-9,11H,6-7,15H2,1-3H3. The van der Waals surface area contributed by atoms with Gasteiger partial charge in [0.15, 0.2) is 0 Å². The molecule has 5 nitrogen and oxygen atoms in total. The number of rotatable bonds is 6. The van der Waals surface area contributed by atoms with E-state index in [1.54, 1.807) is 12.1 Å². The first-order valence-corrected chi connectivity index (χ1v) is 7.03. The van der Waals surface area contributed by atoms with Crippen LogP contribution in [0.4, 0.5) is 11.4 Å². The summed E-state index contributed by atoms with van der Waals surface area (Å²) < 4.78 is 0.704. The molecule has 2 N–H and O–H groups in total. The quantitative estimate of drug-likeness (QED) is 0.642. The monoisotopic (exact) mass is 329 g/mol. The van der Waals surface area contributed by atoms with Crippen molar-refractivity contribution in [1.82, 2.24) is 0 Å². The fourth-order valence-corrected chi connectivity index (χ4v) is 2.11. The SMILES string of the molecule is CC(C)C(N)CCN(C)c1ccc(Br)cc1[N+](=O)[O-]. The molecule has 0 aliphatic carbocycles. The zero-order valence-electron chi connectivity index (χ0n) is 11.5. The molecule has 1 aromatic carbocycles. The van der Waals surface area contributed by atoms with E-state index in [-0.39, 0.29) is 16.7 Å². The lowest BCUT2D eigenvalue weighted by Crippen LogP contribution is -2.32. The number of nitrogens with zero attached hydrogens (tertiary/aromatic N) is 2. The van der Waals surface area contributed by atoms with E-state index in [1.807, 2.05) is 11.9 Å². The van der Waals surface area contributed by atoms with Gasteiger partial charge >= 0.3 is 0 Å². The number of nitrogens with two attached hydrogens (primary N) is 1. The molecule has 0 spiro atoms. The third kappa shape index (κ3) is 4.47. The number of hydrogen-bond acceptors (Lipinski definition) is 4. The summed E-state index contributed by atoms with van der Waals surface area (Å²) in [6.07, 6.45) is 0.807. The van der Waals surface area contributed by atoms with E-state index in [4.69, 9.17) is 5.73 Å². The van der Waals surface area contributed by atoms with Gasteiger partial charge in [-0.25, -0.2) is 0 Å². The summed E-state index contributed by atoms with van der Waals surface area (Å²) in [6.45, 7) is 4.85. The Kier molecular flexibility index (Phi) is 5.75. The minimum absolute atomic E-state index is 0.106. The summed E-state index contributed by atoms with van der Waals surface area (Å²) in [5.41, 5.74) is 6.72. The number of nitro groups is 1. The lowest BCUT2D eigenvalue weighted by atomic mass is 10.0. The summed E-state index contributed by atoms with van der Waals surface area (Å²) >= 11 is 3.25. The predicted octanol–water partition coefficient (Wildman–Crippen LogP) is 3.17. The smallest absolute Gasteiger partial charge is 0.293 e. The van der Waals surface area contributed by atoms with E-state index < -0.39 is 0 Å². The average Bonchev–Trinajstić information content (AvgIpc) is 2.35. The molecule has 0 saturated carbocycles. The van der Waals surface area contributed by atoms with Crippen molar-refractivity contribution in [3.05, 3.63) is 32.8 Å². The molecule has 0 bridgehead atoms. The van der Waals surface area contributed by atoms with Crippen LogP contribution in [0.5, 0.6) is 0 Å². The number of anilines is 1. The Morgan fingerprint density at radius 3 is 2.63 bits per heavy atom. The molecule has 0 aliphatic heterocycles. The molecule has 6 heteroatoms. The number of nitro benzene ring substituents is 1. The van der Waals surface area contributed by atoms with Gasteiger partial charge in [-0.1, -0.05) is 29.8 Å². The highest BCUT2D eigenvalue weighted by Crippen LogP contribution is 2.30. The third-order valence-corrected chi connectivity index (χ3v) is 3.69. The average molecular weight is 330 g/mol. The second kappa shape index (κ2) is 6.86. The van der Waals surface area contributed by atoms with Gasteiger partial charge in [0, 0.05) is 30.2 Å². The van der Waals surface area contributed by atoms with Gasteiger partial charge in [0.1, 0.15) is 5.69 Å². The van der Waals surface area contributed by atoms with E-state index in [0.717, 1.165) is 6.42 Å². The van der Waals surface area contributed by atoms with Crippen LogP contribution in [0, 0.1) is 16.0 Å². The van der Waals surface area contributed by atoms with E-state index >= 15 is 0 Å². The minimum atomic E-state index is -0.362. The Balaban J connectivity index is 2.82. The Morgan fingerprint density at radius 2 is 2.11 bits per heavy atom. The zero-order chi connectivity index (χ0) is 14.6. The van der Waals surface area contributed by atoms with Crippen LogP contribution in [0.15, 0.2) is 22.7 Å². The van der Waals surface area contributed by atoms with E-state index in [2.05, 4.69) is 29.8 Å². The predicted molar refractivity (Wildman–Crippen MR) is 81.5 cm³/mol. The van der Waals surface area contributed by atoms with Gasteiger partial charge in [0.2, 0.25) is 0 Å². The maximum Gasteiger partial charge on any atom is 0.293 e. The normalized spacial score (nSPS) is 12.5. The molecule has 106 valence electrons. The molecule has 0 aliphatic rings. The highest BCUT2D eigenvalue weighted by atomic mass is 79.9. The van der Waals surface area contributed by atoms with Crippen LogP contribution in [0.25, 0.3) is 0 Å². The largest absolute Gasteiger partial charge is 0.369 e. The highest BCUT2D eigenvalue weighted by Gasteiger charge is 2.18. The summed E-state index contributed by atoms with van der Waals surface area (Å²) in [4.78, 5) is 12.6. The molecule has 0 saturated heterocycles. The number of hydrogen-bond donors (Lipinski definition) is 1. The maximum atomic E-state index is 11.1. The summed E-state index contributed by atoms with van der Waals surface area (Å²) in [7, 11) is 1.85. The topological polar surface area (TPSA) is 72.4 Å². The molecule has 1 aromatic rings. The van der Waals surface area contributed by atoms with Crippen LogP contribution in [0.3, 0.4) is 0 Å². The van der Waals surface area contributed by atoms with Crippen LogP contribution in [0.2, 0.25) is 0 Å². The second-order valence-electron chi connectivity index (χ2n) is 5.01. The van der Waals surface area contributed by atoms with Crippen molar-refractivity contribution < 1.29 is 4.92 Å². The lowest BCUT2D eigenvalue weighted by Gasteiger charge is -2.23. The van der Waals surface area contributed by atoms with Crippen molar-refractivity contribution in [2.45, 2.75) is 26.3 Å². The molecule has 0 aromatic heterocycles. The van der Waals surface area contributed by atoms with Crippen LogP contribution in [-0.2, 0) is 0 Å². The van der Waals surface area contributed by atoms with Gasteiger partial charge in [-0.2, -0.15) is 0 Å². The van der Waals surface area contributed by atoms with E-state index in [1.165, 1.54) is 6.07 Å². The molecular weight excluding hydrogens is 310 g/mol. The summed E-state index contributed by atoms with van der Waals surface area (Å²) in [5, 5.41) is 11.1. The van der Waals surface area contributed by atoms with Gasteiger partial charge in [0.05, 0.1) is 4.92 Å². The maximum absolute atomic E-state index is 11.1. The van der Waals surface area contributed by atoms with Crippen LogP contribution in [0.1, 0.15) is 20.3 Å². The van der Waals surface area contributed by atoms with Crippen molar-refractivity contribution in [3.63, 3.8) is 0 Å². The highest BCUT2D eigenvalue weighted by molar-refractivity contribution is 9.10. The first kappa shape index (κ1) is 15.9. The number of benzene rings is 1. The molecule has 0 radical (unpaired) electrons. The number of halogens is 1. The third-order valence-electron chi connectivity index (χ3n) is 3.20. The van der Waals surface area contributed by atoms with Crippen molar-refractivity contribution in [2.24, 2.45) is 11.7 Å². The Labute approximate surface area is 122 Å². The van der Waals surface area contributed by atoms with Gasteiger partial charge < -0.3 is 10.6 Å². The molecule has 0 amide bonds. The van der Waals surface area contributed by atoms with Crippen molar-refractivity contribution >= 4 is 27.3 Å². The molecule has 0 heterocycles. The molecule has 19 heavy (non-hydrogen) atoms. The second-order valence-corrected chi connectivity index (χ2v) is 5.92. The van der Waals surface area contributed by atoms with Gasteiger partial charge in [0.25, 0.3) is 5.69 Å². The first-order chi connectivity index (χ1) is 8.82. The first-order valence-electron chi connectivity index (χ1n) is 6.23. The van der Waals surface area contributed by atoms with E-state index in [9.17, 15) is 10.1 Å². The van der Waals surface area contributed by atoms with Gasteiger partial charge in [-0.15, -0.1) is 0 Å². The Morgan fingerprint density at radius 1 is 1.47 bits per heavy atom. The summed E-state index contributed by atoms with van der Waals surface area (Å²) in [6, 6.07) is 5.19. The van der Waals surface area contributed by atoms with Crippen LogP contribution in [-0.4, -0.2) is 24.6 Å². The fourth-order valence-electron chi connectivity index (χ4n) is 1.76. The minimum Gasteiger partial charge on any atom is -0.369 e. The van der Waals surface area contributed by atoms with Crippen LogP contribution < -0.4 is 10.6 Å². The summed E-state index contributed by atoms with van der Waals surface area (Å²) in [5.74, 6) is 0.410. The molecule has 1 atom stereocenters. The van der Waals surface area contributed by atoms with Gasteiger partial charge in [-0.05, 0) is 24.5 Å². The Bertz CT molecular complexity index is 452. The molecular formula is C13H20BrN3O2.